The molecule has 0 saturated heterocycles. The van der Waals surface area contributed by atoms with Gasteiger partial charge >= 0.3 is 6.18 Å². The van der Waals surface area contributed by atoms with Crippen molar-refractivity contribution in [2.45, 2.75) is 13.1 Å². The summed E-state index contributed by atoms with van der Waals surface area (Å²) in [4.78, 5) is 15.7. The van der Waals surface area contributed by atoms with Crippen LogP contribution in [0.3, 0.4) is 0 Å². The number of carbonyl (C=O) groups is 1. The van der Waals surface area contributed by atoms with Crippen molar-refractivity contribution in [2.24, 2.45) is 0 Å². The number of anilines is 1. The van der Waals surface area contributed by atoms with Gasteiger partial charge in [-0.1, -0.05) is 11.6 Å². The van der Waals surface area contributed by atoms with E-state index in [1.54, 1.807) is 0 Å². The molecule has 1 heterocycles. The third-order valence-corrected chi connectivity index (χ3v) is 2.94. The van der Waals surface area contributed by atoms with Gasteiger partial charge in [0.1, 0.15) is 5.82 Å². The van der Waals surface area contributed by atoms with Crippen LogP contribution < -0.4 is 10.9 Å². The number of nitrogens with zero attached hydrogens (tertiary/aromatic N) is 1. The fourth-order valence-electron chi connectivity index (χ4n) is 1.69. The third kappa shape index (κ3) is 4.11. The van der Waals surface area contributed by atoms with Crippen molar-refractivity contribution < 1.29 is 18.0 Å². The van der Waals surface area contributed by atoms with E-state index in [0.717, 1.165) is 12.1 Å². The van der Waals surface area contributed by atoms with Crippen LogP contribution in [0.2, 0.25) is 5.02 Å². The zero-order valence-electron chi connectivity index (χ0n) is 11.3. The number of hydrogen-bond donors (Lipinski definition) is 2. The molecule has 2 N–H and O–H groups in total. The Balaban J connectivity index is 2.10. The van der Waals surface area contributed by atoms with Gasteiger partial charge < -0.3 is 0 Å². The number of hydrazine groups is 1. The summed E-state index contributed by atoms with van der Waals surface area (Å²) in [5.41, 5.74) is 4.29. The number of pyridine rings is 1. The average Bonchev–Trinajstić information content (AvgIpc) is 2.44. The predicted molar refractivity (Wildman–Crippen MR) is 76.5 cm³/mol. The van der Waals surface area contributed by atoms with Crippen LogP contribution in [-0.4, -0.2) is 10.9 Å². The number of aryl methyl sites for hydroxylation is 1. The number of benzene rings is 1. The van der Waals surface area contributed by atoms with Crippen LogP contribution in [0.25, 0.3) is 0 Å². The number of carbonyl (C=O) groups excluding carboxylic acids is 1. The van der Waals surface area contributed by atoms with E-state index in [1.165, 1.54) is 31.2 Å². The lowest BCUT2D eigenvalue weighted by Crippen LogP contribution is -2.30. The molecule has 0 spiro atoms. The molecule has 0 aliphatic carbocycles. The fraction of sp³-hybridized carbons (Fsp3) is 0.143. The van der Waals surface area contributed by atoms with Crippen molar-refractivity contribution in [1.82, 2.24) is 10.4 Å². The average molecular weight is 330 g/mol. The Morgan fingerprint density at radius 3 is 2.41 bits per heavy atom. The number of alkyl halides is 3. The Kier molecular flexibility index (Phi) is 4.56. The lowest BCUT2D eigenvalue weighted by atomic mass is 10.2. The molecule has 0 aliphatic heterocycles. The molecule has 0 radical (unpaired) electrons. The highest BCUT2D eigenvalue weighted by Crippen LogP contribution is 2.30. The van der Waals surface area contributed by atoms with Crippen LogP contribution in [0.5, 0.6) is 0 Å². The van der Waals surface area contributed by atoms with Gasteiger partial charge in [0.2, 0.25) is 0 Å². The third-order valence-electron chi connectivity index (χ3n) is 2.69. The van der Waals surface area contributed by atoms with Gasteiger partial charge in [0.25, 0.3) is 5.91 Å². The molecule has 0 bridgehead atoms. The van der Waals surface area contributed by atoms with Gasteiger partial charge in [-0.2, -0.15) is 13.2 Å². The maximum atomic E-state index is 12.7. The van der Waals surface area contributed by atoms with E-state index in [2.05, 4.69) is 15.8 Å². The smallest absolute Gasteiger partial charge is 0.282 e. The first-order valence-corrected chi connectivity index (χ1v) is 6.51. The molecule has 0 aliphatic rings. The van der Waals surface area contributed by atoms with E-state index in [1.807, 2.05) is 0 Å². The summed E-state index contributed by atoms with van der Waals surface area (Å²) in [6.07, 6.45) is -4.48. The minimum absolute atomic E-state index is 0.102. The second-order valence-electron chi connectivity index (χ2n) is 4.47. The van der Waals surface area contributed by atoms with Crippen molar-refractivity contribution in [3.63, 3.8) is 0 Å². The summed E-state index contributed by atoms with van der Waals surface area (Å²) >= 11 is 5.70. The van der Waals surface area contributed by atoms with Gasteiger partial charge in [0.15, 0.2) is 0 Å². The van der Waals surface area contributed by atoms with Crippen LogP contribution in [0.1, 0.15) is 21.6 Å². The highest BCUT2D eigenvalue weighted by Gasteiger charge is 2.31. The number of hydrogen-bond acceptors (Lipinski definition) is 3. The molecule has 4 nitrogen and oxygen atoms in total. The Morgan fingerprint density at radius 2 is 1.82 bits per heavy atom. The Hall–Kier alpha value is -2.28. The summed E-state index contributed by atoms with van der Waals surface area (Å²) in [6, 6.07) is 7.78. The van der Waals surface area contributed by atoms with Gasteiger partial charge in [0, 0.05) is 16.3 Å². The summed E-state index contributed by atoms with van der Waals surface area (Å²) < 4.78 is 38.1. The Bertz CT molecular complexity index is 687. The molecule has 1 aromatic carbocycles. The minimum Gasteiger partial charge on any atom is -0.282 e. The quantitative estimate of drug-likeness (QED) is 0.842. The summed E-state index contributed by atoms with van der Waals surface area (Å²) in [5, 5.41) is 0.472. The molecule has 1 amide bonds. The van der Waals surface area contributed by atoms with E-state index >= 15 is 0 Å². The zero-order valence-corrected chi connectivity index (χ0v) is 12.1. The molecule has 116 valence electrons. The lowest BCUT2D eigenvalue weighted by molar-refractivity contribution is -0.137. The fourth-order valence-corrected chi connectivity index (χ4v) is 1.82. The van der Waals surface area contributed by atoms with Gasteiger partial charge in [-0.3, -0.25) is 15.6 Å². The molecule has 22 heavy (non-hydrogen) atoms. The van der Waals surface area contributed by atoms with Gasteiger partial charge in [-0.15, -0.1) is 0 Å². The van der Waals surface area contributed by atoms with Gasteiger partial charge in [0.05, 0.1) is 5.56 Å². The predicted octanol–water partition coefficient (Wildman–Crippen LogP) is 3.82. The largest absolute Gasteiger partial charge is 0.416 e. The maximum Gasteiger partial charge on any atom is 0.416 e. The molecule has 0 unspecified atom stereocenters. The van der Waals surface area contributed by atoms with Gasteiger partial charge in [-0.05, 0) is 43.3 Å². The number of amides is 1. The Labute approximate surface area is 129 Å². The summed E-state index contributed by atoms with van der Waals surface area (Å²) in [5.74, 6) is -0.622. The highest BCUT2D eigenvalue weighted by atomic mass is 35.5. The molecule has 8 heteroatoms. The van der Waals surface area contributed by atoms with Crippen LogP contribution in [0.4, 0.5) is 19.0 Å². The van der Waals surface area contributed by atoms with Crippen molar-refractivity contribution >= 4 is 23.3 Å². The number of nitrogens with one attached hydrogen (secondary N) is 2. The van der Waals surface area contributed by atoms with Crippen molar-refractivity contribution in [1.29, 1.82) is 0 Å². The molecule has 1 aromatic heterocycles. The first-order chi connectivity index (χ1) is 10.3. The molecular weight excluding hydrogens is 319 g/mol. The van der Waals surface area contributed by atoms with Crippen molar-refractivity contribution in [3.05, 3.63) is 58.2 Å². The molecule has 0 saturated carbocycles. The minimum atomic E-state index is -4.48. The molecule has 2 aromatic rings. The van der Waals surface area contributed by atoms with Crippen LogP contribution in [-0.2, 0) is 6.18 Å². The monoisotopic (exact) mass is 329 g/mol. The Morgan fingerprint density at radius 1 is 1.18 bits per heavy atom. The van der Waals surface area contributed by atoms with E-state index in [9.17, 15) is 18.0 Å². The van der Waals surface area contributed by atoms with E-state index < -0.39 is 17.6 Å². The lowest BCUT2D eigenvalue weighted by Gasteiger charge is -2.12. The van der Waals surface area contributed by atoms with Gasteiger partial charge in [-0.25, -0.2) is 4.98 Å². The van der Waals surface area contributed by atoms with Crippen molar-refractivity contribution in [3.8, 4) is 0 Å². The van der Waals surface area contributed by atoms with Crippen molar-refractivity contribution in [2.75, 3.05) is 5.43 Å². The number of aromatic nitrogens is 1. The van der Waals surface area contributed by atoms with Crippen LogP contribution in [0, 0.1) is 6.92 Å². The first kappa shape index (κ1) is 16.1. The van der Waals surface area contributed by atoms with Crippen LogP contribution >= 0.6 is 11.6 Å². The number of halogens is 4. The normalized spacial score (nSPS) is 11.1. The SMILES string of the molecule is Cc1cc(C(F)(F)F)cc(NNC(=O)c2ccc(Cl)cc2)n1. The standard InChI is InChI=1S/C14H11ClF3N3O/c1-8-6-10(14(16,17)18)7-12(19-8)20-21-13(22)9-2-4-11(15)5-3-9/h2-7H,1H3,(H,19,20)(H,21,22). The topological polar surface area (TPSA) is 54.0 Å². The van der Waals surface area contributed by atoms with Crippen LogP contribution in [0.15, 0.2) is 36.4 Å². The summed E-state index contributed by atoms with van der Waals surface area (Å²) in [6.45, 7) is 1.43. The highest BCUT2D eigenvalue weighted by molar-refractivity contribution is 6.30. The zero-order chi connectivity index (χ0) is 16.3. The van der Waals surface area contributed by atoms with E-state index in [-0.39, 0.29) is 11.5 Å². The molecule has 0 atom stereocenters. The summed E-state index contributed by atoms with van der Waals surface area (Å²) in [7, 11) is 0. The van der Waals surface area contributed by atoms with E-state index in [4.69, 9.17) is 11.6 Å². The second kappa shape index (κ2) is 6.23. The molecule has 2 rings (SSSR count). The number of rotatable bonds is 3. The molecule has 0 fully saturated rings. The van der Waals surface area contributed by atoms with E-state index in [0.29, 0.717) is 10.6 Å². The first-order valence-electron chi connectivity index (χ1n) is 6.13. The maximum absolute atomic E-state index is 12.7. The second-order valence-corrected chi connectivity index (χ2v) is 4.90. The molecular formula is C14H11ClF3N3O.